The SMILES string of the molecule is Cc1nn(C)c(N(C)Cc2cscn2)c1CO. The summed E-state index contributed by atoms with van der Waals surface area (Å²) in [6.45, 7) is 2.64. The standard InChI is InChI=1S/C11H16N4OS/c1-8-10(5-16)11(15(3)13-8)14(2)4-9-6-17-7-12-9/h6-7,16H,4-5H2,1-3H3. The fourth-order valence-electron chi connectivity index (χ4n) is 1.99. The highest BCUT2D eigenvalue weighted by molar-refractivity contribution is 7.07. The molecule has 0 unspecified atom stereocenters. The highest BCUT2D eigenvalue weighted by atomic mass is 32.1. The van der Waals surface area contributed by atoms with Gasteiger partial charge in [-0.2, -0.15) is 5.10 Å². The van der Waals surface area contributed by atoms with Gasteiger partial charge in [0.15, 0.2) is 0 Å². The zero-order valence-electron chi connectivity index (χ0n) is 10.2. The van der Waals surface area contributed by atoms with Crippen LogP contribution in [0.15, 0.2) is 10.9 Å². The highest BCUT2D eigenvalue weighted by Crippen LogP contribution is 2.23. The monoisotopic (exact) mass is 252 g/mol. The third-order valence-electron chi connectivity index (χ3n) is 2.72. The van der Waals surface area contributed by atoms with Crippen LogP contribution in [0.25, 0.3) is 0 Å². The Morgan fingerprint density at radius 1 is 1.53 bits per heavy atom. The number of thiazole rings is 1. The normalized spacial score (nSPS) is 10.8. The summed E-state index contributed by atoms with van der Waals surface area (Å²) in [5.74, 6) is 0.943. The molecule has 92 valence electrons. The van der Waals surface area contributed by atoms with E-state index < -0.39 is 0 Å². The minimum absolute atomic E-state index is 0.0103. The van der Waals surface area contributed by atoms with Gasteiger partial charge in [-0.15, -0.1) is 11.3 Å². The number of hydrogen-bond acceptors (Lipinski definition) is 5. The lowest BCUT2D eigenvalue weighted by atomic mass is 10.2. The first-order valence-corrected chi connectivity index (χ1v) is 6.29. The molecule has 0 atom stereocenters. The zero-order chi connectivity index (χ0) is 12.4. The van der Waals surface area contributed by atoms with Crippen LogP contribution in [-0.2, 0) is 20.2 Å². The summed E-state index contributed by atoms with van der Waals surface area (Å²) in [6.07, 6.45) is 0. The predicted octanol–water partition coefficient (Wildman–Crippen LogP) is 1.31. The van der Waals surface area contributed by atoms with Gasteiger partial charge in [0.1, 0.15) is 5.82 Å². The fourth-order valence-corrected chi connectivity index (χ4v) is 2.54. The van der Waals surface area contributed by atoms with Gasteiger partial charge >= 0.3 is 0 Å². The summed E-state index contributed by atoms with van der Waals surface area (Å²) in [5.41, 5.74) is 4.60. The number of aliphatic hydroxyl groups is 1. The summed E-state index contributed by atoms with van der Waals surface area (Å²) >= 11 is 1.59. The molecule has 0 radical (unpaired) electrons. The molecule has 6 heteroatoms. The van der Waals surface area contributed by atoms with Gasteiger partial charge in [0.05, 0.1) is 30.1 Å². The summed E-state index contributed by atoms with van der Waals surface area (Å²) in [5, 5.41) is 15.7. The Labute approximate surface area is 104 Å². The minimum Gasteiger partial charge on any atom is -0.391 e. The zero-order valence-corrected chi connectivity index (χ0v) is 11.0. The van der Waals surface area contributed by atoms with E-state index in [4.69, 9.17) is 0 Å². The first kappa shape index (κ1) is 12.1. The van der Waals surface area contributed by atoms with E-state index in [1.54, 1.807) is 16.0 Å². The lowest BCUT2D eigenvalue weighted by Gasteiger charge is -2.19. The molecule has 0 fully saturated rings. The number of anilines is 1. The van der Waals surface area contributed by atoms with Crippen molar-refractivity contribution in [3.8, 4) is 0 Å². The molecule has 17 heavy (non-hydrogen) atoms. The smallest absolute Gasteiger partial charge is 0.132 e. The minimum atomic E-state index is 0.0103. The number of aliphatic hydroxyl groups excluding tert-OH is 1. The van der Waals surface area contributed by atoms with Crippen LogP contribution < -0.4 is 4.90 Å². The van der Waals surface area contributed by atoms with Gasteiger partial charge in [0, 0.05) is 25.0 Å². The van der Waals surface area contributed by atoms with Crippen molar-refractivity contribution in [2.45, 2.75) is 20.1 Å². The van der Waals surface area contributed by atoms with Crippen LogP contribution in [0.5, 0.6) is 0 Å². The van der Waals surface area contributed by atoms with Crippen molar-refractivity contribution in [3.63, 3.8) is 0 Å². The van der Waals surface area contributed by atoms with Crippen LogP contribution in [0.2, 0.25) is 0 Å². The fraction of sp³-hybridized carbons (Fsp3) is 0.455. The molecule has 0 spiro atoms. The van der Waals surface area contributed by atoms with Crippen molar-refractivity contribution >= 4 is 17.2 Å². The quantitative estimate of drug-likeness (QED) is 0.891. The Kier molecular flexibility index (Phi) is 3.44. The molecule has 0 saturated carbocycles. The van der Waals surface area contributed by atoms with Crippen molar-refractivity contribution in [1.29, 1.82) is 0 Å². The lowest BCUT2D eigenvalue weighted by molar-refractivity contribution is 0.281. The molecular formula is C11H16N4OS. The molecule has 2 aromatic rings. The highest BCUT2D eigenvalue weighted by Gasteiger charge is 2.16. The second-order valence-corrected chi connectivity index (χ2v) is 4.72. The molecule has 2 heterocycles. The van der Waals surface area contributed by atoms with E-state index in [2.05, 4.69) is 15.0 Å². The average Bonchev–Trinajstić information content (AvgIpc) is 2.85. The number of hydrogen-bond donors (Lipinski definition) is 1. The summed E-state index contributed by atoms with van der Waals surface area (Å²) in [7, 11) is 3.87. The molecule has 0 amide bonds. The number of nitrogens with zero attached hydrogens (tertiary/aromatic N) is 4. The van der Waals surface area contributed by atoms with Crippen molar-refractivity contribution in [1.82, 2.24) is 14.8 Å². The molecule has 0 saturated heterocycles. The van der Waals surface area contributed by atoms with E-state index in [1.807, 2.05) is 31.9 Å². The maximum atomic E-state index is 9.39. The van der Waals surface area contributed by atoms with Gasteiger partial charge in [-0.05, 0) is 6.92 Å². The van der Waals surface area contributed by atoms with Crippen molar-refractivity contribution in [3.05, 3.63) is 27.8 Å². The van der Waals surface area contributed by atoms with Crippen molar-refractivity contribution in [2.24, 2.45) is 7.05 Å². The van der Waals surface area contributed by atoms with Gasteiger partial charge < -0.3 is 10.0 Å². The molecule has 0 aliphatic rings. The Balaban J connectivity index is 2.27. The summed E-state index contributed by atoms with van der Waals surface area (Å²) in [6, 6.07) is 0. The van der Waals surface area contributed by atoms with Crippen LogP contribution in [-0.4, -0.2) is 26.9 Å². The van der Waals surface area contributed by atoms with Gasteiger partial charge in [0.2, 0.25) is 0 Å². The van der Waals surface area contributed by atoms with Crippen molar-refractivity contribution in [2.75, 3.05) is 11.9 Å². The third-order valence-corrected chi connectivity index (χ3v) is 3.35. The lowest BCUT2D eigenvalue weighted by Crippen LogP contribution is -2.20. The Morgan fingerprint density at radius 3 is 2.88 bits per heavy atom. The van der Waals surface area contributed by atoms with Gasteiger partial charge in [-0.1, -0.05) is 0 Å². The van der Waals surface area contributed by atoms with E-state index in [1.165, 1.54) is 0 Å². The summed E-state index contributed by atoms with van der Waals surface area (Å²) < 4.78 is 1.80. The van der Waals surface area contributed by atoms with Crippen LogP contribution in [0.1, 0.15) is 17.0 Å². The van der Waals surface area contributed by atoms with Gasteiger partial charge in [-0.25, -0.2) is 4.98 Å². The molecule has 0 aliphatic carbocycles. The van der Waals surface area contributed by atoms with E-state index >= 15 is 0 Å². The summed E-state index contributed by atoms with van der Waals surface area (Å²) in [4.78, 5) is 6.31. The molecule has 2 rings (SSSR count). The molecule has 1 N–H and O–H groups in total. The molecule has 0 aliphatic heterocycles. The largest absolute Gasteiger partial charge is 0.391 e. The molecule has 0 aromatic carbocycles. The third kappa shape index (κ3) is 2.32. The second-order valence-electron chi connectivity index (χ2n) is 4.01. The van der Waals surface area contributed by atoms with E-state index in [-0.39, 0.29) is 6.61 Å². The van der Waals surface area contributed by atoms with Crippen molar-refractivity contribution < 1.29 is 5.11 Å². The van der Waals surface area contributed by atoms with E-state index in [0.717, 1.165) is 29.3 Å². The van der Waals surface area contributed by atoms with Gasteiger partial charge in [0.25, 0.3) is 0 Å². The Bertz CT molecular complexity index is 492. The molecule has 5 nitrogen and oxygen atoms in total. The maximum Gasteiger partial charge on any atom is 0.132 e. The van der Waals surface area contributed by atoms with Crippen LogP contribution >= 0.6 is 11.3 Å². The van der Waals surface area contributed by atoms with E-state index in [9.17, 15) is 5.11 Å². The Morgan fingerprint density at radius 2 is 2.29 bits per heavy atom. The average molecular weight is 252 g/mol. The molecule has 0 bridgehead atoms. The number of aryl methyl sites for hydroxylation is 2. The van der Waals surface area contributed by atoms with Crippen LogP contribution in [0.3, 0.4) is 0 Å². The van der Waals surface area contributed by atoms with E-state index in [0.29, 0.717) is 0 Å². The molecular weight excluding hydrogens is 236 g/mol. The molecule has 2 aromatic heterocycles. The Hall–Kier alpha value is -1.40. The maximum absolute atomic E-state index is 9.39. The first-order valence-electron chi connectivity index (χ1n) is 5.35. The van der Waals surface area contributed by atoms with Crippen LogP contribution in [0, 0.1) is 6.92 Å². The topological polar surface area (TPSA) is 54.2 Å². The van der Waals surface area contributed by atoms with Crippen LogP contribution in [0.4, 0.5) is 5.82 Å². The second kappa shape index (κ2) is 4.85. The number of rotatable bonds is 4. The predicted molar refractivity (Wildman–Crippen MR) is 68.1 cm³/mol. The van der Waals surface area contributed by atoms with Gasteiger partial charge in [-0.3, -0.25) is 4.68 Å². The number of aromatic nitrogens is 3. The first-order chi connectivity index (χ1) is 8.13.